The van der Waals surface area contributed by atoms with Crippen LogP contribution in [0.25, 0.3) is 0 Å². The molecule has 0 saturated heterocycles. The Morgan fingerprint density at radius 1 is 1.57 bits per heavy atom. The Bertz CT molecular complexity index is 23.7. The predicted octanol–water partition coefficient (Wildman–Crippen LogP) is -2.76. The summed E-state index contributed by atoms with van der Waals surface area (Å²) < 4.78 is 0. The second kappa shape index (κ2) is 10.7. The van der Waals surface area contributed by atoms with Crippen molar-refractivity contribution in [3.63, 3.8) is 0 Å². The molecule has 0 aliphatic carbocycles. The van der Waals surface area contributed by atoms with Crippen molar-refractivity contribution in [1.29, 1.82) is 0 Å². The first-order valence-corrected chi connectivity index (χ1v) is 4.37. The largest absolute Gasteiger partial charge is 1.00 e. The van der Waals surface area contributed by atoms with E-state index in [1.165, 1.54) is 12.5 Å². The molecule has 0 saturated carbocycles. The van der Waals surface area contributed by atoms with Crippen LogP contribution >= 0.6 is 0 Å². The van der Waals surface area contributed by atoms with E-state index in [-0.39, 0.29) is 51.4 Å². The first kappa shape index (κ1) is 11.6. The molecule has 38 valence electrons. The molecule has 0 fully saturated rings. The Hall–Kier alpha value is 1.81. The van der Waals surface area contributed by atoms with E-state index in [1.54, 1.807) is 0 Å². The zero-order valence-corrected chi connectivity index (χ0v) is 9.55. The molecule has 0 radical (unpaired) electrons. The summed E-state index contributed by atoms with van der Waals surface area (Å²) in [6.07, 6.45) is 1.23. The van der Waals surface area contributed by atoms with Gasteiger partial charge in [-0.1, -0.05) is 6.42 Å². The van der Waals surface area contributed by atoms with Crippen molar-refractivity contribution in [2.45, 2.75) is 19.0 Å². The fraction of sp³-hybridized carbons (Fsp3) is 1.00. The molecule has 0 unspecified atom stereocenters. The summed E-state index contributed by atoms with van der Waals surface area (Å²) in [5, 5.41) is 0. The van der Waals surface area contributed by atoms with Gasteiger partial charge in [-0.05, 0) is 6.54 Å². The number of rotatable bonds is 3. The van der Waals surface area contributed by atoms with Gasteiger partial charge in [0.1, 0.15) is 0 Å². The van der Waals surface area contributed by atoms with Crippen LogP contribution in [0.5, 0.6) is 0 Å². The second-order valence-corrected chi connectivity index (χ2v) is 2.73. The van der Waals surface area contributed by atoms with Gasteiger partial charge in [0.25, 0.3) is 0 Å². The first-order valence-electron chi connectivity index (χ1n) is 2.39. The van der Waals surface area contributed by atoms with Gasteiger partial charge in [0.15, 0.2) is 0 Å². The van der Waals surface area contributed by atoms with Gasteiger partial charge in [0, 0.05) is 0 Å². The Labute approximate surface area is 90.7 Å². The van der Waals surface area contributed by atoms with Crippen LogP contribution in [0.4, 0.5) is 0 Å². The van der Waals surface area contributed by atoms with Crippen LogP contribution in [0.3, 0.4) is 0 Å². The molecule has 0 aromatic carbocycles. The number of hydrogen-bond acceptors (Lipinski definition) is 1. The summed E-state index contributed by atoms with van der Waals surface area (Å²) in [5.41, 5.74) is 5.23. The molecule has 0 aliphatic rings. The maximum atomic E-state index is 5.23. The van der Waals surface area contributed by atoms with Gasteiger partial charge in [0.2, 0.25) is 0 Å². The first-order chi connectivity index (χ1) is 2.91. The molecule has 7 heavy (non-hydrogen) atoms. The number of hydrogen-bond donors (Lipinski definition) is 1. The summed E-state index contributed by atoms with van der Waals surface area (Å²) in [5.74, 6) is 0. The average Bonchev–Trinajstić information content (AvgIpc) is 1.61. The van der Waals surface area contributed by atoms with Crippen LogP contribution in [0.15, 0.2) is 0 Å². The van der Waals surface area contributed by atoms with Gasteiger partial charge in [-0.2, -0.15) is 12.6 Å². The van der Waals surface area contributed by atoms with Gasteiger partial charge in [-0.3, -0.25) is 9.52 Å². The van der Waals surface area contributed by atoms with Crippen LogP contribution in [0.2, 0.25) is 12.6 Å². The molecular formula is C4H12KNSi. The fourth-order valence-corrected chi connectivity index (χ4v) is 0.966. The number of nitrogens with two attached hydrogens (primary N) is 1. The summed E-state index contributed by atoms with van der Waals surface area (Å²) in [6, 6.07) is 1.37. The van der Waals surface area contributed by atoms with Crippen LogP contribution in [-0.2, 0) is 0 Å². The van der Waals surface area contributed by atoms with Crippen molar-refractivity contribution in [2.75, 3.05) is 6.54 Å². The van der Waals surface area contributed by atoms with Crippen LogP contribution < -0.4 is 57.1 Å². The quantitative estimate of drug-likeness (QED) is 0.334. The maximum Gasteiger partial charge on any atom is 1.00 e. The molecule has 0 amide bonds. The molecular weight excluding hydrogens is 129 g/mol. The monoisotopic (exact) mass is 141 g/mol. The molecule has 2 N–H and O–H groups in total. The SMILES string of the molecule is C[SiH-]CCCN.[K+]. The maximum absolute atomic E-state index is 5.23. The smallest absolute Gasteiger partial charge is 0.331 e. The molecule has 0 heterocycles. The van der Waals surface area contributed by atoms with Crippen molar-refractivity contribution < 1.29 is 51.4 Å². The normalized spacial score (nSPS) is 7.71. The van der Waals surface area contributed by atoms with Crippen molar-refractivity contribution >= 4 is 9.52 Å². The summed E-state index contributed by atoms with van der Waals surface area (Å²) in [6.45, 7) is 3.14. The van der Waals surface area contributed by atoms with Crippen LogP contribution in [0, 0.1) is 0 Å². The molecule has 0 atom stereocenters. The third-order valence-electron chi connectivity index (χ3n) is 0.697. The third-order valence-corrected chi connectivity index (χ3v) is 1.68. The van der Waals surface area contributed by atoms with E-state index in [9.17, 15) is 0 Å². The fourth-order valence-electron chi connectivity index (χ4n) is 0.322. The molecule has 0 spiro atoms. The van der Waals surface area contributed by atoms with Gasteiger partial charge in [-0.15, -0.1) is 0 Å². The summed E-state index contributed by atoms with van der Waals surface area (Å²) in [7, 11) is 0.704. The van der Waals surface area contributed by atoms with E-state index in [1.807, 2.05) is 0 Å². The molecule has 0 rings (SSSR count). The third kappa shape index (κ3) is 11.4. The second-order valence-electron chi connectivity index (χ2n) is 1.34. The van der Waals surface area contributed by atoms with E-state index in [0.717, 1.165) is 6.54 Å². The van der Waals surface area contributed by atoms with Gasteiger partial charge < -0.3 is 5.73 Å². The summed E-state index contributed by atoms with van der Waals surface area (Å²) >= 11 is 0. The minimum atomic E-state index is 0. The molecule has 3 heteroatoms. The summed E-state index contributed by atoms with van der Waals surface area (Å²) in [4.78, 5) is 0. The van der Waals surface area contributed by atoms with E-state index in [0.29, 0.717) is 9.52 Å². The molecule has 0 bridgehead atoms. The van der Waals surface area contributed by atoms with E-state index >= 15 is 0 Å². The standard InChI is InChI=1S/C4H12NSi.K/c1-6-4-2-3-5;/h6H,2-5H2,1H3;/q-1;+1. The zero-order chi connectivity index (χ0) is 4.83. The minimum absolute atomic E-state index is 0. The Morgan fingerprint density at radius 3 is 2.29 bits per heavy atom. The predicted molar refractivity (Wildman–Crippen MR) is 31.5 cm³/mol. The van der Waals surface area contributed by atoms with Crippen LogP contribution in [0.1, 0.15) is 6.42 Å². The molecule has 0 aliphatic heterocycles. The minimum Gasteiger partial charge on any atom is -0.331 e. The van der Waals surface area contributed by atoms with E-state index in [2.05, 4.69) is 6.55 Å². The Morgan fingerprint density at radius 2 is 2.14 bits per heavy atom. The van der Waals surface area contributed by atoms with Gasteiger partial charge >= 0.3 is 51.4 Å². The van der Waals surface area contributed by atoms with Gasteiger partial charge in [-0.25, -0.2) is 0 Å². The van der Waals surface area contributed by atoms with E-state index in [4.69, 9.17) is 5.73 Å². The van der Waals surface area contributed by atoms with Gasteiger partial charge in [0.05, 0.1) is 0 Å². The van der Waals surface area contributed by atoms with Crippen molar-refractivity contribution in [3.05, 3.63) is 0 Å². The van der Waals surface area contributed by atoms with Crippen molar-refractivity contribution in [3.8, 4) is 0 Å². The average molecular weight is 141 g/mol. The molecule has 1 nitrogen and oxygen atoms in total. The molecule has 0 aromatic heterocycles. The van der Waals surface area contributed by atoms with Crippen molar-refractivity contribution in [2.24, 2.45) is 5.73 Å². The Kier molecular flexibility index (Phi) is 17.8. The van der Waals surface area contributed by atoms with Crippen LogP contribution in [-0.4, -0.2) is 16.1 Å². The van der Waals surface area contributed by atoms with Crippen molar-refractivity contribution in [1.82, 2.24) is 0 Å². The topological polar surface area (TPSA) is 26.0 Å². The zero-order valence-electron chi connectivity index (χ0n) is 5.28. The Balaban J connectivity index is 0. The van der Waals surface area contributed by atoms with E-state index < -0.39 is 0 Å². The molecule has 0 aromatic rings.